The molecule has 0 saturated heterocycles. The second kappa shape index (κ2) is 3.20. The Labute approximate surface area is 62.8 Å². The van der Waals surface area contributed by atoms with Crippen LogP contribution in [0.4, 0.5) is 0 Å². The number of hydrogen-bond acceptors (Lipinski definition) is 1. The average molecular weight is 140 g/mol. The predicted octanol–water partition coefficient (Wildman–Crippen LogP) is 1.97. The molecule has 58 valence electrons. The van der Waals surface area contributed by atoms with Crippen LogP contribution in [0, 0.1) is 11.8 Å². The molecule has 1 heteroatoms. The van der Waals surface area contributed by atoms with E-state index >= 15 is 0 Å². The fourth-order valence-corrected chi connectivity index (χ4v) is 1.71. The number of hydrogen-bond donors (Lipinski definition) is 1. The molecule has 3 atom stereocenters. The van der Waals surface area contributed by atoms with Crippen molar-refractivity contribution in [2.24, 2.45) is 11.8 Å². The predicted molar refractivity (Wildman–Crippen MR) is 42.7 cm³/mol. The van der Waals surface area contributed by atoms with E-state index in [0.717, 1.165) is 12.8 Å². The van der Waals surface area contributed by atoms with Gasteiger partial charge in [0.1, 0.15) is 0 Å². The average Bonchev–Trinajstić information content (AvgIpc) is 1.95. The SMILES string of the molecule is C=C[C@@H]1CCC[C@@H](O)[C@@H]1C. The van der Waals surface area contributed by atoms with Crippen LogP contribution in [-0.4, -0.2) is 11.2 Å². The van der Waals surface area contributed by atoms with Crippen molar-refractivity contribution in [2.45, 2.75) is 32.3 Å². The maximum Gasteiger partial charge on any atom is 0.0571 e. The molecule has 1 fully saturated rings. The third-order valence-electron chi connectivity index (χ3n) is 2.62. The van der Waals surface area contributed by atoms with Crippen molar-refractivity contribution in [2.75, 3.05) is 0 Å². The van der Waals surface area contributed by atoms with E-state index in [1.165, 1.54) is 6.42 Å². The Morgan fingerprint density at radius 2 is 2.20 bits per heavy atom. The molecule has 0 spiro atoms. The molecular formula is C9H16O. The first kappa shape index (κ1) is 7.80. The molecule has 0 aliphatic heterocycles. The quantitative estimate of drug-likeness (QED) is 0.552. The highest BCUT2D eigenvalue weighted by Gasteiger charge is 2.25. The second-order valence-corrected chi connectivity index (χ2v) is 3.26. The molecule has 0 amide bonds. The Hall–Kier alpha value is -0.300. The van der Waals surface area contributed by atoms with E-state index in [1.807, 2.05) is 6.08 Å². The van der Waals surface area contributed by atoms with Gasteiger partial charge >= 0.3 is 0 Å². The largest absolute Gasteiger partial charge is 0.393 e. The van der Waals surface area contributed by atoms with Crippen molar-refractivity contribution in [3.8, 4) is 0 Å². The van der Waals surface area contributed by atoms with Crippen molar-refractivity contribution in [1.29, 1.82) is 0 Å². The number of aliphatic hydroxyl groups is 1. The van der Waals surface area contributed by atoms with Crippen LogP contribution in [0.25, 0.3) is 0 Å². The Balaban J connectivity index is 2.50. The number of allylic oxidation sites excluding steroid dienone is 1. The van der Waals surface area contributed by atoms with Gasteiger partial charge in [-0.25, -0.2) is 0 Å². The lowest BCUT2D eigenvalue weighted by molar-refractivity contribution is 0.0571. The molecule has 1 saturated carbocycles. The zero-order valence-electron chi connectivity index (χ0n) is 6.59. The minimum absolute atomic E-state index is 0.0863. The maximum absolute atomic E-state index is 9.43. The molecule has 0 aromatic rings. The molecular weight excluding hydrogens is 124 g/mol. The summed E-state index contributed by atoms with van der Waals surface area (Å²) in [6.07, 6.45) is 5.24. The summed E-state index contributed by atoms with van der Waals surface area (Å²) in [6, 6.07) is 0. The van der Waals surface area contributed by atoms with E-state index in [-0.39, 0.29) is 6.10 Å². The van der Waals surface area contributed by atoms with Gasteiger partial charge in [-0.3, -0.25) is 0 Å². The topological polar surface area (TPSA) is 20.2 Å². The molecule has 1 nitrogen and oxygen atoms in total. The Kier molecular flexibility index (Phi) is 2.50. The van der Waals surface area contributed by atoms with Crippen LogP contribution in [0.2, 0.25) is 0 Å². The van der Waals surface area contributed by atoms with Gasteiger partial charge in [0.15, 0.2) is 0 Å². The highest BCUT2D eigenvalue weighted by Crippen LogP contribution is 2.30. The molecule has 0 unspecified atom stereocenters. The Bertz CT molecular complexity index is 120. The summed E-state index contributed by atoms with van der Waals surface area (Å²) in [5.41, 5.74) is 0. The van der Waals surface area contributed by atoms with Crippen molar-refractivity contribution < 1.29 is 5.11 Å². The van der Waals surface area contributed by atoms with Crippen LogP contribution in [-0.2, 0) is 0 Å². The van der Waals surface area contributed by atoms with Gasteiger partial charge < -0.3 is 5.11 Å². The standard InChI is InChI=1S/C9H16O/c1-3-8-5-4-6-9(10)7(8)2/h3,7-10H,1,4-6H2,2H3/t7-,8-,9-/m1/s1. The molecule has 1 aliphatic rings. The van der Waals surface area contributed by atoms with E-state index in [0.29, 0.717) is 11.8 Å². The first-order chi connectivity index (χ1) is 4.75. The lowest BCUT2D eigenvalue weighted by Gasteiger charge is -2.30. The van der Waals surface area contributed by atoms with Crippen LogP contribution in [0.1, 0.15) is 26.2 Å². The molecule has 10 heavy (non-hydrogen) atoms. The summed E-state index contributed by atoms with van der Waals surface area (Å²) in [4.78, 5) is 0. The summed E-state index contributed by atoms with van der Waals surface area (Å²) in [7, 11) is 0. The molecule has 1 rings (SSSR count). The summed E-state index contributed by atoms with van der Waals surface area (Å²) in [5.74, 6) is 0.968. The van der Waals surface area contributed by atoms with Crippen molar-refractivity contribution >= 4 is 0 Å². The van der Waals surface area contributed by atoms with Crippen LogP contribution in [0.5, 0.6) is 0 Å². The van der Waals surface area contributed by atoms with Gasteiger partial charge in [-0.1, -0.05) is 19.4 Å². The molecule has 0 bridgehead atoms. The smallest absolute Gasteiger partial charge is 0.0571 e. The lowest BCUT2D eigenvalue weighted by Crippen LogP contribution is -2.28. The van der Waals surface area contributed by atoms with Crippen LogP contribution < -0.4 is 0 Å². The zero-order chi connectivity index (χ0) is 7.56. The van der Waals surface area contributed by atoms with Gasteiger partial charge in [-0.05, 0) is 24.7 Å². The lowest BCUT2D eigenvalue weighted by atomic mass is 9.79. The minimum atomic E-state index is -0.0863. The molecule has 0 aromatic heterocycles. The van der Waals surface area contributed by atoms with Gasteiger partial charge in [0, 0.05) is 0 Å². The maximum atomic E-state index is 9.43. The van der Waals surface area contributed by atoms with E-state index < -0.39 is 0 Å². The van der Waals surface area contributed by atoms with Gasteiger partial charge in [0.25, 0.3) is 0 Å². The second-order valence-electron chi connectivity index (χ2n) is 3.26. The van der Waals surface area contributed by atoms with Gasteiger partial charge in [-0.15, -0.1) is 6.58 Å². The summed E-state index contributed by atoms with van der Waals surface area (Å²) in [5, 5.41) is 9.43. The normalized spacial score (nSPS) is 41.2. The summed E-state index contributed by atoms with van der Waals surface area (Å²) in [6.45, 7) is 5.87. The van der Waals surface area contributed by atoms with Crippen molar-refractivity contribution in [3.63, 3.8) is 0 Å². The molecule has 1 aliphatic carbocycles. The zero-order valence-corrected chi connectivity index (χ0v) is 6.59. The molecule has 0 radical (unpaired) electrons. The van der Waals surface area contributed by atoms with Crippen molar-refractivity contribution in [1.82, 2.24) is 0 Å². The highest BCUT2D eigenvalue weighted by atomic mass is 16.3. The van der Waals surface area contributed by atoms with Crippen LogP contribution >= 0.6 is 0 Å². The van der Waals surface area contributed by atoms with Crippen LogP contribution in [0.15, 0.2) is 12.7 Å². The highest BCUT2D eigenvalue weighted by molar-refractivity contribution is 4.89. The Morgan fingerprint density at radius 1 is 1.50 bits per heavy atom. The molecule has 0 aromatic carbocycles. The van der Waals surface area contributed by atoms with E-state index in [4.69, 9.17) is 0 Å². The minimum Gasteiger partial charge on any atom is -0.393 e. The number of aliphatic hydroxyl groups excluding tert-OH is 1. The monoisotopic (exact) mass is 140 g/mol. The number of rotatable bonds is 1. The van der Waals surface area contributed by atoms with Crippen molar-refractivity contribution in [3.05, 3.63) is 12.7 Å². The third-order valence-corrected chi connectivity index (χ3v) is 2.62. The van der Waals surface area contributed by atoms with Gasteiger partial charge in [0.05, 0.1) is 6.10 Å². The van der Waals surface area contributed by atoms with E-state index in [2.05, 4.69) is 13.5 Å². The van der Waals surface area contributed by atoms with Crippen LogP contribution in [0.3, 0.4) is 0 Å². The first-order valence-corrected chi connectivity index (χ1v) is 4.06. The first-order valence-electron chi connectivity index (χ1n) is 4.06. The fraction of sp³-hybridized carbons (Fsp3) is 0.778. The van der Waals surface area contributed by atoms with E-state index in [1.54, 1.807) is 0 Å². The van der Waals surface area contributed by atoms with Gasteiger partial charge in [0.2, 0.25) is 0 Å². The summed E-state index contributed by atoms with van der Waals surface area (Å²) < 4.78 is 0. The summed E-state index contributed by atoms with van der Waals surface area (Å²) >= 11 is 0. The van der Waals surface area contributed by atoms with Gasteiger partial charge in [-0.2, -0.15) is 0 Å². The fourth-order valence-electron chi connectivity index (χ4n) is 1.71. The third kappa shape index (κ3) is 1.40. The van der Waals surface area contributed by atoms with E-state index in [9.17, 15) is 5.11 Å². The Morgan fingerprint density at radius 3 is 2.70 bits per heavy atom. The molecule has 1 N–H and O–H groups in total. The molecule has 0 heterocycles.